The fourth-order valence-corrected chi connectivity index (χ4v) is 1.57. The predicted molar refractivity (Wildman–Crippen MR) is 76.5 cm³/mol. The number of anilines is 2. The number of aromatic nitrogens is 4. The molecule has 0 radical (unpaired) electrons. The van der Waals surface area contributed by atoms with Crippen LogP contribution in [0.3, 0.4) is 0 Å². The van der Waals surface area contributed by atoms with E-state index in [2.05, 4.69) is 25.3 Å². The van der Waals surface area contributed by atoms with Gasteiger partial charge in [-0.3, -0.25) is 4.98 Å². The number of nitrogen functional groups attached to an aromatic ring is 1. The molecule has 106 valence electrons. The molecule has 0 aliphatic rings. The van der Waals surface area contributed by atoms with Gasteiger partial charge in [-0.25, -0.2) is 0 Å². The summed E-state index contributed by atoms with van der Waals surface area (Å²) in [6.45, 7) is 3.25. The van der Waals surface area contributed by atoms with Crippen LogP contribution in [0.15, 0.2) is 24.5 Å². The zero-order chi connectivity index (χ0) is 14.2. The summed E-state index contributed by atoms with van der Waals surface area (Å²) in [6, 6.07) is 4.18. The van der Waals surface area contributed by atoms with Gasteiger partial charge in [-0.05, 0) is 24.5 Å². The number of nitrogens with one attached hydrogen (secondary N) is 1. The molecule has 7 nitrogen and oxygen atoms in total. The van der Waals surface area contributed by atoms with Crippen LogP contribution in [-0.4, -0.2) is 33.1 Å². The molecule has 0 aliphatic carbocycles. The van der Waals surface area contributed by atoms with Gasteiger partial charge in [0, 0.05) is 18.9 Å². The van der Waals surface area contributed by atoms with Gasteiger partial charge in [0.1, 0.15) is 0 Å². The van der Waals surface area contributed by atoms with E-state index in [4.69, 9.17) is 10.5 Å². The first kappa shape index (κ1) is 14.0. The third-order valence-electron chi connectivity index (χ3n) is 2.49. The number of pyridine rings is 1. The van der Waals surface area contributed by atoms with Crippen molar-refractivity contribution < 1.29 is 4.74 Å². The second kappa shape index (κ2) is 7.22. The SMILES string of the molecule is CCCOc1nc(N)nc(NCCc2cccnc2)n1. The van der Waals surface area contributed by atoms with Crippen molar-refractivity contribution in [2.45, 2.75) is 19.8 Å². The fourth-order valence-electron chi connectivity index (χ4n) is 1.57. The molecule has 0 aliphatic heterocycles. The molecule has 0 saturated heterocycles. The molecule has 0 amide bonds. The number of rotatable bonds is 7. The summed E-state index contributed by atoms with van der Waals surface area (Å²) in [5, 5.41) is 3.10. The molecule has 2 rings (SSSR count). The summed E-state index contributed by atoms with van der Waals surface area (Å²) in [5.41, 5.74) is 6.76. The molecule has 0 aromatic carbocycles. The van der Waals surface area contributed by atoms with Crippen LogP contribution >= 0.6 is 0 Å². The van der Waals surface area contributed by atoms with Crippen LogP contribution in [0, 0.1) is 0 Å². The van der Waals surface area contributed by atoms with E-state index in [1.54, 1.807) is 6.20 Å². The van der Waals surface area contributed by atoms with Gasteiger partial charge in [0.2, 0.25) is 11.9 Å². The minimum absolute atomic E-state index is 0.148. The van der Waals surface area contributed by atoms with Crippen molar-refractivity contribution in [3.05, 3.63) is 30.1 Å². The van der Waals surface area contributed by atoms with Crippen molar-refractivity contribution >= 4 is 11.9 Å². The standard InChI is InChI=1S/C13H18N6O/c1-2-8-20-13-18-11(14)17-12(19-13)16-7-5-10-4-3-6-15-9-10/h3-4,6,9H,2,5,7-8H2,1H3,(H3,14,16,17,18,19). The van der Waals surface area contributed by atoms with Crippen LogP contribution in [0.1, 0.15) is 18.9 Å². The van der Waals surface area contributed by atoms with E-state index >= 15 is 0 Å². The first-order valence-electron chi connectivity index (χ1n) is 6.55. The highest BCUT2D eigenvalue weighted by atomic mass is 16.5. The number of hydrogen-bond acceptors (Lipinski definition) is 7. The second-order valence-electron chi connectivity index (χ2n) is 4.19. The van der Waals surface area contributed by atoms with Crippen LogP contribution in [-0.2, 0) is 6.42 Å². The Morgan fingerprint density at radius 1 is 1.30 bits per heavy atom. The number of ether oxygens (including phenoxy) is 1. The van der Waals surface area contributed by atoms with Crippen molar-refractivity contribution in [1.29, 1.82) is 0 Å². The first-order chi connectivity index (χ1) is 9.78. The zero-order valence-corrected chi connectivity index (χ0v) is 11.4. The van der Waals surface area contributed by atoms with Gasteiger partial charge in [0.15, 0.2) is 0 Å². The second-order valence-corrected chi connectivity index (χ2v) is 4.19. The molecule has 20 heavy (non-hydrogen) atoms. The Labute approximate surface area is 117 Å². The lowest BCUT2D eigenvalue weighted by Gasteiger charge is -2.07. The van der Waals surface area contributed by atoms with Crippen LogP contribution in [0.25, 0.3) is 0 Å². The lowest BCUT2D eigenvalue weighted by atomic mass is 10.2. The molecule has 0 atom stereocenters. The van der Waals surface area contributed by atoms with Gasteiger partial charge in [-0.15, -0.1) is 0 Å². The van der Waals surface area contributed by atoms with Crippen molar-refractivity contribution in [1.82, 2.24) is 19.9 Å². The zero-order valence-electron chi connectivity index (χ0n) is 11.4. The average Bonchev–Trinajstić information content (AvgIpc) is 2.46. The normalized spacial score (nSPS) is 10.2. The van der Waals surface area contributed by atoms with E-state index < -0.39 is 0 Å². The van der Waals surface area contributed by atoms with Gasteiger partial charge in [0.05, 0.1) is 6.61 Å². The minimum Gasteiger partial charge on any atom is -0.463 e. The maximum Gasteiger partial charge on any atom is 0.323 e. The lowest BCUT2D eigenvalue weighted by Crippen LogP contribution is -2.12. The van der Waals surface area contributed by atoms with Crippen molar-refractivity contribution in [2.24, 2.45) is 0 Å². The third kappa shape index (κ3) is 4.34. The Morgan fingerprint density at radius 3 is 2.95 bits per heavy atom. The molecule has 7 heteroatoms. The summed E-state index contributed by atoms with van der Waals surface area (Å²) in [4.78, 5) is 16.2. The van der Waals surface area contributed by atoms with Gasteiger partial charge in [0.25, 0.3) is 0 Å². The monoisotopic (exact) mass is 274 g/mol. The van der Waals surface area contributed by atoms with Crippen molar-refractivity contribution in [3.8, 4) is 6.01 Å². The number of nitrogens with two attached hydrogens (primary N) is 1. The van der Waals surface area contributed by atoms with Gasteiger partial charge in [-0.2, -0.15) is 15.0 Å². The summed E-state index contributed by atoms with van der Waals surface area (Å²) in [5.74, 6) is 0.572. The van der Waals surface area contributed by atoms with Gasteiger partial charge >= 0.3 is 6.01 Å². The highest BCUT2D eigenvalue weighted by Gasteiger charge is 2.04. The Balaban J connectivity index is 1.90. The molecule has 2 aromatic rings. The predicted octanol–water partition coefficient (Wildman–Crippen LogP) is 1.29. The van der Waals surface area contributed by atoms with Gasteiger partial charge < -0.3 is 15.8 Å². The summed E-state index contributed by atoms with van der Waals surface area (Å²) >= 11 is 0. The quantitative estimate of drug-likeness (QED) is 0.784. The van der Waals surface area contributed by atoms with Crippen LogP contribution < -0.4 is 15.8 Å². The third-order valence-corrected chi connectivity index (χ3v) is 2.49. The largest absolute Gasteiger partial charge is 0.463 e. The molecule has 2 aromatic heterocycles. The number of hydrogen-bond donors (Lipinski definition) is 2. The topological polar surface area (TPSA) is 98.8 Å². The molecular weight excluding hydrogens is 256 g/mol. The Hall–Kier alpha value is -2.44. The Bertz CT molecular complexity index is 534. The molecule has 2 heterocycles. The van der Waals surface area contributed by atoms with Crippen molar-refractivity contribution in [3.63, 3.8) is 0 Å². The van der Waals surface area contributed by atoms with E-state index in [1.165, 1.54) is 0 Å². The fraction of sp³-hybridized carbons (Fsp3) is 0.385. The summed E-state index contributed by atoms with van der Waals surface area (Å²) in [6.07, 6.45) is 5.29. The molecule has 0 bridgehead atoms. The molecule has 3 N–H and O–H groups in total. The van der Waals surface area contributed by atoms with E-state index in [-0.39, 0.29) is 12.0 Å². The molecular formula is C13H18N6O. The highest BCUT2D eigenvalue weighted by molar-refractivity contribution is 5.32. The van der Waals surface area contributed by atoms with E-state index in [1.807, 2.05) is 25.3 Å². The number of nitrogens with zero attached hydrogens (tertiary/aromatic N) is 4. The molecule has 0 unspecified atom stereocenters. The lowest BCUT2D eigenvalue weighted by molar-refractivity contribution is 0.292. The molecule has 0 fully saturated rings. The minimum atomic E-state index is 0.148. The molecule has 0 spiro atoms. The molecule has 0 saturated carbocycles. The average molecular weight is 274 g/mol. The maximum absolute atomic E-state index is 5.62. The smallest absolute Gasteiger partial charge is 0.323 e. The first-order valence-corrected chi connectivity index (χ1v) is 6.55. The van der Waals surface area contributed by atoms with Crippen molar-refractivity contribution in [2.75, 3.05) is 24.2 Å². The van der Waals surface area contributed by atoms with Crippen LogP contribution in [0.4, 0.5) is 11.9 Å². The summed E-state index contributed by atoms with van der Waals surface area (Å²) < 4.78 is 5.35. The van der Waals surface area contributed by atoms with E-state index in [0.29, 0.717) is 19.1 Å². The Kier molecular flexibility index (Phi) is 5.05. The maximum atomic E-state index is 5.62. The van der Waals surface area contributed by atoms with E-state index in [0.717, 1.165) is 18.4 Å². The van der Waals surface area contributed by atoms with E-state index in [9.17, 15) is 0 Å². The summed E-state index contributed by atoms with van der Waals surface area (Å²) in [7, 11) is 0. The van der Waals surface area contributed by atoms with Crippen LogP contribution in [0.5, 0.6) is 6.01 Å². The van der Waals surface area contributed by atoms with Gasteiger partial charge in [-0.1, -0.05) is 13.0 Å². The Morgan fingerprint density at radius 2 is 2.20 bits per heavy atom. The highest BCUT2D eigenvalue weighted by Crippen LogP contribution is 2.09. The van der Waals surface area contributed by atoms with Crippen LogP contribution in [0.2, 0.25) is 0 Å².